The second kappa shape index (κ2) is 15.3. The number of nitrogens with zero attached hydrogens (tertiary/aromatic N) is 4. The highest BCUT2D eigenvalue weighted by atomic mass is 127. The smallest absolute Gasteiger partial charge is 0.318 e. The number of nitrogen functional groups attached to an aromatic ring is 1. The van der Waals surface area contributed by atoms with Gasteiger partial charge >= 0.3 is 11.9 Å². The Labute approximate surface area is 224 Å². The Bertz CT molecular complexity index is 740. The molecule has 1 heterocycles. The van der Waals surface area contributed by atoms with E-state index in [1.54, 1.807) is 3.11 Å². The summed E-state index contributed by atoms with van der Waals surface area (Å²) in [6.07, 6.45) is 2.74. The zero-order chi connectivity index (χ0) is 24.2. The van der Waals surface area contributed by atoms with Crippen molar-refractivity contribution in [3.8, 4) is 0 Å². The Morgan fingerprint density at radius 3 is 2.39 bits per heavy atom. The normalized spacial score (nSPS) is 19.9. The molecule has 1 saturated heterocycles. The third-order valence-corrected chi connectivity index (χ3v) is 7.33. The van der Waals surface area contributed by atoms with Crippen LogP contribution < -0.4 is 5.73 Å². The lowest BCUT2D eigenvalue weighted by Gasteiger charge is -2.30. The SMILES string of the molecule is Nc1ccc(CC2CN(I)CCCN(CC(=O)O)CCN(CCCN(I)CC(=O)O)C2)cc1. The Morgan fingerprint density at radius 2 is 1.73 bits per heavy atom. The van der Waals surface area contributed by atoms with E-state index in [0.29, 0.717) is 19.0 Å². The van der Waals surface area contributed by atoms with E-state index in [-0.39, 0.29) is 13.1 Å². The lowest BCUT2D eigenvalue weighted by atomic mass is 9.98. The fraction of sp³-hybridized carbons (Fsp3) is 0.636. The molecule has 1 aromatic rings. The van der Waals surface area contributed by atoms with Crippen molar-refractivity contribution in [2.24, 2.45) is 5.92 Å². The van der Waals surface area contributed by atoms with E-state index in [0.717, 1.165) is 64.2 Å². The highest BCUT2D eigenvalue weighted by Crippen LogP contribution is 2.18. The summed E-state index contributed by atoms with van der Waals surface area (Å²) in [5.74, 6) is -1.20. The summed E-state index contributed by atoms with van der Waals surface area (Å²) in [5.41, 5.74) is 7.89. The van der Waals surface area contributed by atoms with Crippen LogP contribution in [0.5, 0.6) is 0 Å². The molecule has 0 saturated carbocycles. The topological polar surface area (TPSA) is 114 Å². The zero-order valence-corrected chi connectivity index (χ0v) is 23.2. The summed E-state index contributed by atoms with van der Waals surface area (Å²) in [7, 11) is 0. The second-order valence-electron chi connectivity index (χ2n) is 8.60. The number of hydrogen-bond donors (Lipinski definition) is 3. The molecule has 33 heavy (non-hydrogen) atoms. The Morgan fingerprint density at radius 1 is 1.03 bits per heavy atom. The van der Waals surface area contributed by atoms with Crippen molar-refractivity contribution in [1.29, 1.82) is 0 Å². The molecular weight excluding hydrogens is 652 g/mol. The van der Waals surface area contributed by atoms with E-state index in [1.807, 2.05) is 17.0 Å². The average molecular weight is 687 g/mol. The van der Waals surface area contributed by atoms with Gasteiger partial charge in [0.25, 0.3) is 0 Å². The number of aliphatic carboxylic acids is 2. The molecule has 186 valence electrons. The molecule has 0 amide bonds. The molecule has 0 spiro atoms. The number of rotatable bonds is 10. The molecule has 1 unspecified atom stereocenters. The summed E-state index contributed by atoms with van der Waals surface area (Å²) in [6.45, 7) is 6.70. The fourth-order valence-electron chi connectivity index (χ4n) is 4.11. The van der Waals surface area contributed by atoms with Gasteiger partial charge < -0.3 is 20.8 Å². The van der Waals surface area contributed by atoms with Gasteiger partial charge in [-0.1, -0.05) is 12.1 Å². The molecular formula is C22H35I2N5O4. The van der Waals surface area contributed by atoms with Crippen LogP contribution in [0.2, 0.25) is 0 Å². The van der Waals surface area contributed by atoms with Gasteiger partial charge in [0.2, 0.25) is 0 Å². The average Bonchev–Trinajstić information content (AvgIpc) is 2.74. The van der Waals surface area contributed by atoms with Gasteiger partial charge in [-0.25, -0.2) is 6.23 Å². The van der Waals surface area contributed by atoms with Crippen LogP contribution >= 0.6 is 45.7 Å². The first-order valence-corrected chi connectivity index (χ1v) is 13.2. The maximum absolute atomic E-state index is 11.3. The van der Waals surface area contributed by atoms with Gasteiger partial charge in [0, 0.05) is 97.2 Å². The van der Waals surface area contributed by atoms with Crippen LogP contribution in [0, 0.1) is 5.92 Å². The van der Waals surface area contributed by atoms with Crippen molar-refractivity contribution in [1.82, 2.24) is 16.0 Å². The molecule has 1 aromatic carbocycles. The van der Waals surface area contributed by atoms with Gasteiger partial charge in [-0.3, -0.25) is 14.5 Å². The number of halogens is 2. The number of benzene rings is 1. The third kappa shape index (κ3) is 12.5. The Hall–Kier alpha value is -0.740. The molecule has 0 radical (unpaired) electrons. The third-order valence-electron chi connectivity index (χ3n) is 5.63. The minimum absolute atomic E-state index is 0.0243. The van der Waals surface area contributed by atoms with E-state index in [2.05, 4.69) is 65.9 Å². The van der Waals surface area contributed by atoms with Gasteiger partial charge in [-0.15, -0.1) is 0 Å². The van der Waals surface area contributed by atoms with Crippen molar-refractivity contribution < 1.29 is 19.8 Å². The molecule has 0 aromatic heterocycles. The predicted octanol–water partition coefficient (Wildman–Crippen LogP) is 2.30. The summed E-state index contributed by atoms with van der Waals surface area (Å²) in [6, 6.07) is 8.08. The van der Waals surface area contributed by atoms with Crippen molar-refractivity contribution >= 4 is 63.4 Å². The molecule has 1 fully saturated rings. The lowest BCUT2D eigenvalue weighted by Crippen LogP contribution is -2.41. The van der Waals surface area contributed by atoms with Gasteiger partial charge in [0.05, 0.1) is 6.54 Å². The molecule has 1 aliphatic rings. The van der Waals surface area contributed by atoms with E-state index >= 15 is 0 Å². The number of hydrogen-bond acceptors (Lipinski definition) is 7. The molecule has 1 atom stereocenters. The van der Waals surface area contributed by atoms with Crippen molar-refractivity contribution in [2.45, 2.75) is 19.3 Å². The van der Waals surface area contributed by atoms with Crippen LogP contribution in [0.1, 0.15) is 18.4 Å². The number of carboxylic acids is 2. The first kappa shape index (κ1) is 28.5. The van der Waals surface area contributed by atoms with Crippen molar-refractivity contribution in [3.63, 3.8) is 0 Å². The molecule has 4 N–H and O–H groups in total. The highest BCUT2D eigenvalue weighted by Gasteiger charge is 2.21. The zero-order valence-electron chi connectivity index (χ0n) is 18.9. The maximum Gasteiger partial charge on any atom is 0.318 e. The Balaban J connectivity index is 2.08. The van der Waals surface area contributed by atoms with Crippen LogP contribution in [0.3, 0.4) is 0 Å². The predicted molar refractivity (Wildman–Crippen MR) is 147 cm³/mol. The van der Waals surface area contributed by atoms with Gasteiger partial charge in [-0.05, 0) is 49.4 Å². The summed E-state index contributed by atoms with van der Waals surface area (Å²) in [4.78, 5) is 26.7. The molecule has 0 aliphatic carbocycles. The van der Waals surface area contributed by atoms with Crippen LogP contribution in [-0.2, 0) is 16.0 Å². The minimum atomic E-state index is -0.824. The number of carbonyl (C=O) groups is 2. The van der Waals surface area contributed by atoms with E-state index in [1.165, 1.54) is 5.56 Å². The second-order valence-corrected chi connectivity index (χ2v) is 11.3. The Kier molecular flexibility index (Phi) is 13.2. The number of anilines is 1. The fourth-order valence-corrected chi connectivity index (χ4v) is 5.64. The van der Waals surface area contributed by atoms with E-state index < -0.39 is 11.9 Å². The van der Waals surface area contributed by atoms with Crippen LogP contribution in [0.4, 0.5) is 5.69 Å². The first-order chi connectivity index (χ1) is 15.7. The molecule has 9 nitrogen and oxygen atoms in total. The maximum atomic E-state index is 11.3. The monoisotopic (exact) mass is 687 g/mol. The quantitative estimate of drug-likeness (QED) is 0.194. The molecule has 2 rings (SSSR count). The van der Waals surface area contributed by atoms with E-state index in [9.17, 15) is 14.7 Å². The minimum Gasteiger partial charge on any atom is -0.480 e. The van der Waals surface area contributed by atoms with Crippen LogP contribution in [0.15, 0.2) is 24.3 Å². The lowest BCUT2D eigenvalue weighted by molar-refractivity contribution is -0.138. The molecule has 0 bridgehead atoms. The summed E-state index contributed by atoms with van der Waals surface area (Å²) in [5, 5.41) is 18.3. The van der Waals surface area contributed by atoms with Crippen LogP contribution in [-0.4, -0.2) is 104 Å². The molecule has 11 heteroatoms. The highest BCUT2D eigenvalue weighted by molar-refractivity contribution is 14.1. The first-order valence-electron chi connectivity index (χ1n) is 11.3. The van der Waals surface area contributed by atoms with E-state index in [4.69, 9.17) is 10.8 Å². The molecule has 1 aliphatic heterocycles. The summed E-state index contributed by atoms with van der Waals surface area (Å²) >= 11 is 4.45. The van der Waals surface area contributed by atoms with Crippen LogP contribution in [0.25, 0.3) is 0 Å². The summed E-state index contributed by atoms with van der Waals surface area (Å²) < 4.78 is 4.11. The van der Waals surface area contributed by atoms with Gasteiger partial charge in [-0.2, -0.15) is 0 Å². The number of nitrogens with two attached hydrogens (primary N) is 1. The van der Waals surface area contributed by atoms with Crippen molar-refractivity contribution in [3.05, 3.63) is 29.8 Å². The standard InChI is InChI=1S/C22H35I2N5O4/c23-28-9-2-8-27(16-21(30)31)12-11-26(7-1-10-29(24)17-22(32)33)14-19(15-28)13-18-3-5-20(25)6-4-18/h3-6,19H,1-2,7-17,25H2,(H,30,31)(H,32,33). The largest absolute Gasteiger partial charge is 0.480 e. The van der Waals surface area contributed by atoms with Gasteiger partial charge in [0.1, 0.15) is 6.54 Å². The number of carboxylic acid groups (broad SMARTS) is 2. The van der Waals surface area contributed by atoms with Crippen molar-refractivity contribution in [2.75, 3.05) is 71.2 Å². The van der Waals surface area contributed by atoms with Gasteiger partial charge in [0.15, 0.2) is 0 Å².